The lowest BCUT2D eigenvalue weighted by molar-refractivity contribution is -0.135. The minimum atomic E-state index is -0.154. The average molecular weight is 343 g/mol. The number of rotatable bonds is 7. The second-order valence-corrected chi connectivity index (χ2v) is 7.00. The monoisotopic (exact) mass is 342 g/mol. The van der Waals surface area contributed by atoms with Crippen LogP contribution in [0.25, 0.3) is 0 Å². The lowest BCUT2D eigenvalue weighted by Crippen LogP contribution is -2.43. The van der Waals surface area contributed by atoms with Gasteiger partial charge >= 0.3 is 0 Å². The molecule has 2 rings (SSSR count). The van der Waals surface area contributed by atoms with E-state index in [4.69, 9.17) is 0 Å². The lowest BCUT2D eigenvalue weighted by atomic mass is 10.1. The van der Waals surface area contributed by atoms with Crippen molar-refractivity contribution in [3.8, 4) is 0 Å². The summed E-state index contributed by atoms with van der Waals surface area (Å²) in [6, 6.07) is 18.5. The van der Waals surface area contributed by atoms with Crippen molar-refractivity contribution in [1.82, 2.24) is 9.80 Å². The molecule has 0 N–H and O–H groups in total. The zero-order valence-electron chi connectivity index (χ0n) is 14.9. The van der Waals surface area contributed by atoms with Crippen molar-refractivity contribution in [1.29, 1.82) is 0 Å². The van der Waals surface area contributed by atoms with E-state index >= 15 is 0 Å². The lowest BCUT2D eigenvalue weighted by Gasteiger charge is -2.28. The minimum Gasteiger partial charge on any atom is -0.340 e. The van der Waals surface area contributed by atoms with E-state index in [2.05, 4.69) is 35.4 Å². The molecular weight excluding hydrogens is 316 g/mol. The number of hydrogen-bond donors (Lipinski definition) is 0. The molecule has 3 nitrogen and oxygen atoms in total. The Morgan fingerprint density at radius 2 is 1.54 bits per heavy atom. The maximum atomic E-state index is 12.7. The number of benzene rings is 2. The number of carbonyl (C=O) groups is 1. The Balaban J connectivity index is 1.93. The van der Waals surface area contributed by atoms with Gasteiger partial charge in [-0.3, -0.25) is 9.69 Å². The highest BCUT2D eigenvalue weighted by Gasteiger charge is 2.21. The van der Waals surface area contributed by atoms with Gasteiger partial charge in [0.1, 0.15) is 0 Å². The molecule has 0 bridgehead atoms. The van der Waals surface area contributed by atoms with Crippen molar-refractivity contribution < 1.29 is 4.79 Å². The fraction of sp³-hybridized carbons (Fsp3) is 0.350. The molecule has 0 saturated heterocycles. The normalized spacial score (nSPS) is 12.2. The first kappa shape index (κ1) is 18.6. The van der Waals surface area contributed by atoms with Crippen LogP contribution < -0.4 is 0 Å². The smallest absolute Gasteiger partial charge is 0.239 e. The van der Waals surface area contributed by atoms with Gasteiger partial charge in [0.2, 0.25) is 5.91 Å². The van der Waals surface area contributed by atoms with Crippen molar-refractivity contribution >= 4 is 17.7 Å². The van der Waals surface area contributed by atoms with Crippen LogP contribution in [0.5, 0.6) is 0 Å². The van der Waals surface area contributed by atoms with Gasteiger partial charge in [-0.1, -0.05) is 42.5 Å². The van der Waals surface area contributed by atoms with Crippen molar-refractivity contribution in [2.24, 2.45) is 0 Å². The van der Waals surface area contributed by atoms with Crippen LogP contribution in [0.1, 0.15) is 18.1 Å². The Labute approximate surface area is 149 Å². The number of amides is 1. The molecule has 24 heavy (non-hydrogen) atoms. The molecule has 0 aliphatic carbocycles. The van der Waals surface area contributed by atoms with E-state index in [0.717, 1.165) is 12.1 Å². The number of likely N-dealkylation sites (N-methyl/N-ethyl adjacent to an activating group) is 2. The largest absolute Gasteiger partial charge is 0.340 e. The summed E-state index contributed by atoms with van der Waals surface area (Å²) in [4.78, 5) is 17.8. The summed E-state index contributed by atoms with van der Waals surface area (Å²) in [7, 11) is 3.87. The summed E-state index contributed by atoms with van der Waals surface area (Å²) in [6.45, 7) is 3.38. The predicted octanol–water partition coefficient (Wildman–Crippen LogP) is 3.89. The van der Waals surface area contributed by atoms with Gasteiger partial charge < -0.3 is 4.90 Å². The minimum absolute atomic E-state index is 0.141. The summed E-state index contributed by atoms with van der Waals surface area (Å²) in [5.74, 6) is 0.141. The summed E-state index contributed by atoms with van der Waals surface area (Å²) in [6.07, 6.45) is 2.07. The number of thioether (sulfide) groups is 1. The first-order valence-corrected chi connectivity index (χ1v) is 9.36. The van der Waals surface area contributed by atoms with Gasteiger partial charge in [0, 0.05) is 25.0 Å². The van der Waals surface area contributed by atoms with E-state index in [9.17, 15) is 4.79 Å². The van der Waals surface area contributed by atoms with Gasteiger partial charge in [-0.05, 0) is 43.5 Å². The fourth-order valence-electron chi connectivity index (χ4n) is 2.60. The van der Waals surface area contributed by atoms with Crippen LogP contribution in [0.3, 0.4) is 0 Å². The van der Waals surface area contributed by atoms with Gasteiger partial charge in [-0.15, -0.1) is 11.8 Å². The highest BCUT2D eigenvalue weighted by atomic mass is 32.2. The molecule has 2 aromatic carbocycles. The molecule has 1 atom stereocenters. The second kappa shape index (κ2) is 8.90. The molecule has 0 spiro atoms. The molecule has 0 aromatic heterocycles. The van der Waals surface area contributed by atoms with Crippen LogP contribution in [-0.2, 0) is 17.9 Å². The van der Waals surface area contributed by atoms with Crippen molar-refractivity contribution in [2.45, 2.75) is 31.0 Å². The summed E-state index contributed by atoms with van der Waals surface area (Å²) in [5, 5.41) is 0. The summed E-state index contributed by atoms with van der Waals surface area (Å²) < 4.78 is 0. The van der Waals surface area contributed by atoms with E-state index < -0.39 is 0 Å². The first-order chi connectivity index (χ1) is 11.5. The Hall–Kier alpha value is -1.78. The van der Waals surface area contributed by atoms with Crippen LogP contribution in [0.15, 0.2) is 59.5 Å². The topological polar surface area (TPSA) is 23.6 Å². The number of hydrogen-bond acceptors (Lipinski definition) is 3. The maximum Gasteiger partial charge on any atom is 0.239 e. The standard InChI is InChI=1S/C20H26N2OS/c1-16(20(23)22(3)15-17-8-6-5-7-9-17)21(2)14-18-10-12-19(24-4)13-11-18/h5-13,16H,14-15H2,1-4H3. The van der Waals surface area contributed by atoms with Gasteiger partial charge in [-0.2, -0.15) is 0 Å². The Bertz CT molecular complexity index is 642. The maximum absolute atomic E-state index is 12.7. The summed E-state index contributed by atoms with van der Waals surface area (Å²) >= 11 is 1.74. The number of nitrogens with zero attached hydrogens (tertiary/aromatic N) is 2. The highest BCUT2D eigenvalue weighted by molar-refractivity contribution is 7.98. The molecule has 0 fully saturated rings. The average Bonchev–Trinajstić information content (AvgIpc) is 2.61. The van der Waals surface area contributed by atoms with Crippen LogP contribution in [-0.4, -0.2) is 42.1 Å². The first-order valence-electron chi connectivity index (χ1n) is 8.13. The van der Waals surface area contributed by atoms with Crippen molar-refractivity contribution in [2.75, 3.05) is 20.4 Å². The quantitative estimate of drug-likeness (QED) is 0.713. The molecule has 1 unspecified atom stereocenters. The molecule has 0 saturated carbocycles. The number of carbonyl (C=O) groups excluding carboxylic acids is 1. The third kappa shape index (κ3) is 5.11. The third-order valence-electron chi connectivity index (χ3n) is 4.25. The van der Waals surface area contributed by atoms with Gasteiger partial charge in [0.05, 0.1) is 6.04 Å². The fourth-order valence-corrected chi connectivity index (χ4v) is 3.01. The molecular formula is C20H26N2OS. The zero-order chi connectivity index (χ0) is 17.5. The molecule has 0 aliphatic rings. The molecule has 128 valence electrons. The van der Waals surface area contributed by atoms with Gasteiger partial charge in [0.25, 0.3) is 0 Å². The Kier molecular flexibility index (Phi) is 6.88. The molecule has 1 amide bonds. The van der Waals surface area contributed by atoms with Crippen LogP contribution in [0, 0.1) is 0 Å². The molecule has 0 aliphatic heterocycles. The summed E-state index contributed by atoms with van der Waals surface area (Å²) in [5.41, 5.74) is 2.37. The van der Waals surface area contributed by atoms with Crippen molar-refractivity contribution in [3.63, 3.8) is 0 Å². The molecule has 4 heteroatoms. The van der Waals surface area contributed by atoms with Gasteiger partial charge in [-0.25, -0.2) is 0 Å². The molecule has 2 aromatic rings. The van der Waals surface area contributed by atoms with E-state index in [0.29, 0.717) is 6.54 Å². The molecule has 0 radical (unpaired) electrons. The van der Waals surface area contributed by atoms with Crippen LogP contribution in [0.2, 0.25) is 0 Å². The third-order valence-corrected chi connectivity index (χ3v) is 4.99. The van der Waals surface area contributed by atoms with E-state index in [-0.39, 0.29) is 11.9 Å². The van der Waals surface area contributed by atoms with E-state index in [1.807, 2.05) is 51.4 Å². The predicted molar refractivity (Wildman–Crippen MR) is 102 cm³/mol. The van der Waals surface area contributed by atoms with E-state index in [1.165, 1.54) is 10.5 Å². The van der Waals surface area contributed by atoms with Crippen molar-refractivity contribution in [3.05, 3.63) is 65.7 Å². The van der Waals surface area contributed by atoms with Gasteiger partial charge in [0.15, 0.2) is 0 Å². The Morgan fingerprint density at radius 3 is 2.12 bits per heavy atom. The Morgan fingerprint density at radius 1 is 0.958 bits per heavy atom. The zero-order valence-corrected chi connectivity index (χ0v) is 15.7. The SMILES string of the molecule is CSc1ccc(CN(C)C(C)C(=O)N(C)Cc2ccccc2)cc1. The highest BCUT2D eigenvalue weighted by Crippen LogP contribution is 2.16. The van der Waals surface area contributed by atoms with Crippen LogP contribution in [0.4, 0.5) is 0 Å². The molecule has 0 heterocycles. The van der Waals surface area contributed by atoms with E-state index in [1.54, 1.807) is 16.7 Å². The second-order valence-electron chi connectivity index (χ2n) is 6.12. The van der Waals surface area contributed by atoms with Crippen LogP contribution >= 0.6 is 11.8 Å².